The van der Waals surface area contributed by atoms with Crippen LogP contribution >= 0.6 is 0 Å². The molecule has 1 N–H and O–H groups in total. The molecule has 138 valence electrons. The van der Waals surface area contributed by atoms with Gasteiger partial charge in [-0.05, 0) is 43.5 Å². The third kappa shape index (κ3) is 3.32. The van der Waals surface area contributed by atoms with Crippen LogP contribution in [0, 0.1) is 12.3 Å². The summed E-state index contributed by atoms with van der Waals surface area (Å²) in [5.74, 6) is -1.08. The van der Waals surface area contributed by atoms with Gasteiger partial charge in [0.15, 0.2) is 0 Å². The van der Waals surface area contributed by atoms with Crippen molar-refractivity contribution in [3.63, 3.8) is 0 Å². The summed E-state index contributed by atoms with van der Waals surface area (Å²) in [6.07, 6.45) is 4.18. The zero-order chi connectivity index (χ0) is 18.7. The number of amides is 1. The Bertz CT molecular complexity index is 802. The molecule has 1 aliphatic heterocycles. The normalized spacial score (nSPS) is 20.2. The Morgan fingerprint density at radius 3 is 2.81 bits per heavy atom. The van der Waals surface area contributed by atoms with E-state index in [-0.39, 0.29) is 19.1 Å². The lowest BCUT2D eigenvalue weighted by Gasteiger charge is -2.39. The van der Waals surface area contributed by atoms with E-state index in [1.54, 1.807) is 28.0 Å². The van der Waals surface area contributed by atoms with Crippen LogP contribution in [0.3, 0.4) is 0 Å². The number of carbonyl (C=O) groups excluding carboxylic acids is 1. The molecule has 8 nitrogen and oxygen atoms in total. The molecule has 2 heterocycles. The summed E-state index contributed by atoms with van der Waals surface area (Å²) in [7, 11) is 1.48. The van der Waals surface area contributed by atoms with Gasteiger partial charge in [-0.15, -0.1) is 0 Å². The van der Waals surface area contributed by atoms with Crippen molar-refractivity contribution >= 4 is 11.9 Å². The van der Waals surface area contributed by atoms with Crippen molar-refractivity contribution in [2.45, 2.75) is 19.8 Å². The number of likely N-dealkylation sites (tertiary alicyclic amines) is 1. The predicted molar refractivity (Wildman–Crippen MR) is 93.2 cm³/mol. The number of rotatable bonds is 5. The first-order valence-corrected chi connectivity index (χ1v) is 8.44. The topological polar surface area (TPSA) is 97.6 Å². The standard InChI is InChI=1S/C18H22N4O4/c1-13-8-14(22-12-19-11-20-22)4-5-15(13)16(23)21-7-3-6-18(9-21,10-26-2)17(24)25/h4-5,8,11-12H,3,6-7,9-10H2,1-2H3,(H,24,25). The van der Waals surface area contributed by atoms with E-state index in [1.807, 2.05) is 13.0 Å². The quantitative estimate of drug-likeness (QED) is 0.870. The third-order valence-electron chi connectivity index (χ3n) is 4.86. The van der Waals surface area contributed by atoms with E-state index < -0.39 is 11.4 Å². The molecule has 0 spiro atoms. The molecule has 3 rings (SSSR count). The lowest BCUT2D eigenvalue weighted by molar-refractivity contribution is -0.155. The molecule has 1 aromatic carbocycles. The second kappa shape index (κ2) is 7.25. The van der Waals surface area contributed by atoms with Gasteiger partial charge in [0.05, 0.1) is 12.3 Å². The highest BCUT2D eigenvalue weighted by Crippen LogP contribution is 2.32. The highest BCUT2D eigenvalue weighted by atomic mass is 16.5. The van der Waals surface area contributed by atoms with Crippen LogP contribution in [-0.4, -0.2) is 63.5 Å². The smallest absolute Gasteiger partial charge is 0.313 e. The first-order chi connectivity index (χ1) is 12.5. The Labute approximate surface area is 151 Å². The number of aromatic nitrogens is 3. The van der Waals surface area contributed by atoms with Crippen LogP contribution in [0.5, 0.6) is 0 Å². The molecule has 1 fully saturated rings. The molecule has 1 aromatic heterocycles. The molecule has 1 unspecified atom stereocenters. The minimum atomic E-state index is -1.04. The lowest BCUT2D eigenvalue weighted by atomic mass is 9.80. The monoisotopic (exact) mass is 358 g/mol. The van der Waals surface area contributed by atoms with Gasteiger partial charge in [-0.1, -0.05) is 0 Å². The van der Waals surface area contributed by atoms with Gasteiger partial charge in [0, 0.05) is 25.8 Å². The fourth-order valence-corrected chi connectivity index (χ4v) is 3.48. The van der Waals surface area contributed by atoms with E-state index in [9.17, 15) is 14.7 Å². The molecule has 1 atom stereocenters. The van der Waals surface area contributed by atoms with Crippen molar-refractivity contribution in [2.24, 2.45) is 5.41 Å². The molecule has 0 aliphatic carbocycles. The van der Waals surface area contributed by atoms with Crippen LogP contribution in [0.4, 0.5) is 0 Å². The Balaban J connectivity index is 1.83. The molecule has 0 bridgehead atoms. The number of ether oxygens (including phenoxy) is 1. The molecule has 8 heteroatoms. The number of carboxylic acid groups (broad SMARTS) is 1. The number of carboxylic acids is 1. The van der Waals surface area contributed by atoms with Gasteiger partial charge >= 0.3 is 5.97 Å². The highest BCUT2D eigenvalue weighted by Gasteiger charge is 2.44. The summed E-state index contributed by atoms with van der Waals surface area (Å²) < 4.78 is 6.75. The van der Waals surface area contributed by atoms with Gasteiger partial charge in [0.25, 0.3) is 5.91 Å². The highest BCUT2D eigenvalue weighted by molar-refractivity contribution is 5.96. The second-order valence-electron chi connectivity index (χ2n) is 6.69. The molecule has 1 aliphatic rings. The van der Waals surface area contributed by atoms with E-state index in [0.717, 1.165) is 11.3 Å². The van der Waals surface area contributed by atoms with Crippen LogP contribution in [0.25, 0.3) is 5.69 Å². The van der Waals surface area contributed by atoms with E-state index in [0.29, 0.717) is 24.9 Å². The number of carbonyl (C=O) groups is 2. The summed E-state index contributed by atoms with van der Waals surface area (Å²) >= 11 is 0. The molecule has 1 amide bonds. The van der Waals surface area contributed by atoms with Crippen LogP contribution < -0.4 is 0 Å². The number of benzene rings is 1. The van der Waals surface area contributed by atoms with Crippen molar-refractivity contribution in [1.29, 1.82) is 0 Å². The van der Waals surface area contributed by atoms with E-state index in [4.69, 9.17) is 4.74 Å². The van der Waals surface area contributed by atoms with Crippen molar-refractivity contribution < 1.29 is 19.4 Å². The lowest BCUT2D eigenvalue weighted by Crippen LogP contribution is -2.52. The number of methoxy groups -OCH3 is 1. The van der Waals surface area contributed by atoms with Crippen LogP contribution in [0.2, 0.25) is 0 Å². The van der Waals surface area contributed by atoms with Gasteiger partial charge in [-0.3, -0.25) is 9.59 Å². The Hall–Kier alpha value is -2.74. The molecule has 2 aromatic rings. The van der Waals surface area contributed by atoms with E-state index >= 15 is 0 Å². The maximum Gasteiger partial charge on any atom is 0.313 e. The Kier molecular flexibility index (Phi) is 5.03. The number of hydrogen-bond acceptors (Lipinski definition) is 5. The van der Waals surface area contributed by atoms with Gasteiger partial charge < -0.3 is 14.7 Å². The number of aliphatic carboxylic acids is 1. The number of aryl methyl sites for hydroxylation is 1. The van der Waals surface area contributed by atoms with Gasteiger partial charge in [0.1, 0.15) is 18.1 Å². The SMILES string of the molecule is COCC1(C(=O)O)CCCN(C(=O)c2ccc(-n3cncn3)cc2C)C1. The first-order valence-electron chi connectivity index (χ1n) is 8.44. The van der Waals surface area contributed by atoms with Crippen molar-refractivity contribution in [3.8, 4) is 5.69 Å². The number of piperidine rings is 1. The van der Waals surface area contributed by atoms with Gasteiger partial charge in [-0.25, -0.2) is 9.67 Å². The van der Waals surface area contributed by atoms with Crippen LogP contribution in [0.15, 0.2) is 30.9 Å². The van der Waals surface area contributed by atoms with Crippen LogP contribution in [0.1, 0.15) is 28.8 Å². The van der Waals surface area contributed by atoms with E-state index in [2.05, 4.69) is 10.1 Å². The maximum atomic E-state index is 13.0. The van der Waals surface area contributed by atoms with E-state index in [1.165, 1.54) is 13.4 Å². The zero-order valence-electron chi connectivity index (χ0n) is 14.9. The fourth-order valence-electron chi connectivity index (χ4n) is 3.48. The summed E-state index contributed by atoms with van der Waals surface area (Å²) in [6.45, 7) is 2.65. The largest absolute Gasteiger partial charge is 0.481 e. The molecular weight excluding hydrogens is 336 g/mol. The average Bonchev–Trinajstić information content (AvgIpc) is 3.16. The molecular formula is C18H22N4O4. The molecule has 0 radical (unpaired) electrons. The summed E-state index contributed by atoms with van der Waals surface area (Å²) in [5.41, 5.74) is 1.14. The van der Waals surface area contributed by atoms with Gasteiger partial charge in [-0.2, -0.15) is 5.10 Å². The van der Waals surface area contributed by atoms with Crippen molar-refractivity contribution in [3.05, 3.63) is 42.0 Å². The number of nitrogens with zero attached hydrogens (tertiary/aromatic N) is 4. The first kappa shape index (κ1) is 18.1. The minimum absolute atomic E-state index is 0.0936. The number of hydrogen-bond donors (Lipinski definition) is 1. The molecule has 26 heavy (non-hydrogen) atoms. The zero-order valence-corrected chi connectivity index (χ0v) is 14.9. The Morgan fingerprint density at radius 1 is 1.38 bits per heavy atom. The van der Waals surface area contributed by atoms with Crippen molar-refractivity contribution in [2.75, 3.05) is 26.8 Å². The third-order valence-corrected chi connectivity index (χ3v) is 4.86. The fraction of sp³-hybridized carbons (Fsp3) is 0.444. The minimum Gasteiger partial charge on any atom is -0.481 e. The molecule has 0 saturated carbocycles. The Morgan fingerprint density at radius 2 is 2.19 bits per heavy atom. The van der Waals surface area contributed by atoms with Crippen LogP contribution in [-0.2, 0) is 9.53 Å². The summed E-state index contributed by atoms with van der Waals surface area (Å²) in [4.78, 5) is 30.3. The molecule has 1 saturated heterocycles. The second-order valence-corrected chi connectivity index (χ2v) is 6.69. The predicted octanol–water partition coefficient (Wildman–Crippen LogP) is 1.53. The van der Waals surface area contributed by atoms with Crippen molar-refractivity contribution in [1.82, 2.24) is 19.7 Å². The summed E-state index contributed by atoms with van der Waals surface area (Å²) in [6, 6.07) is 5.42. The van der Waals surface area contributed by atoms with Gasteiger partial charge in [0.2, 0.25) is 0 Å². The maximum absolute atomic E-state index is 13.0. The summed E-state index contributed by atoms with van der Waals surface area (Å²) in [5, 5.41) is 13.7. The average molecular weight is 358 g/mol.